The number of ether oxygens (including phenoxy) is 1. The molecule has 0 saturated carbocycles. The molecule has 7 nitrogen and oxygen atoms in total. The first-order valence-corrected chi connectivity index (χ1v) is 11.9. The highest BCUT2D eigenvalue weighted by Gasteiger charge is 2.23. The second kappa shape index (κ2) is 11.2. The zero-order valence-corrected chi connectivity index (χ0v) is 19.2. The van der Waals surface area contributed by atoms with Crippen LogP contribution in [-0.2, 0) is 24.2 Å². The molecule has 1 atom stereocenters. The lowest BCUT2D eigenvalue weighted by molar-refractivity contribution is -0.144. The van der Waals surface area contributed by atoms with Crippen LogP contribution in [0.1, 0.15) is 30.9 Å². The van der Waals surface area contributed by atoms with Gasteiger partial charge in [-0.05, 0) is 48.9 Å². The Bertz CT molecular complexity index is 1160. The Morgan fingerprint density at radius 3 is 2.15 bits per heavy atom. The fourth-order valence-electron chi connectivity index (χ4n) is 3.19. The third-order valence-electron chi connectivity index (χ3n) is 4.92. The summed E-state index contributed by atoms with van der Waals surface area (Å²) in [7, 11) is -1.92. The number of hydrogen-bond donors (Lipinski definition) is 2. The summed E-state index contributed by atoms with van der Waals surface area (Å²) in [4.78, 5) is 24.6. The number of carbonyl (C=O) groups is 2. The van der Waals surface area contributed by atoms with E-state index in [9.17, 15) is 31.9 Å². The molecule has 0 aromatic heterocycles. The molecular formula is C23H25F2NO6S. The highest BCUT2D eigenvalue weighted by molar-refractivity contribution is 7.90. The van der Waals surface area contributed by atoms with Crippen LogP contribution >= 0.6 is 0 Å². The zero-order chi connectivity index (χ0) is 24.8. The van der Waals surface area contributed by atoms with E-state index in [0.717, 1.165) is 24.5 Å². The molecule has 33 heavy (non-hydrogen) atoms. The lowest BCUT2D eigenvalue weighted by Gasteiger charge is -2.18. The summed E-state index contributed by atoms with van der Waals surface area (Å²) in [6, 6.07) is 7.31. The van der Waals surface area contributed by atoms with Gasteiger partial charge in [-0.3, -0.25) is 4.79 Å². The molecule has 0 spiro atoms. The number of hydrogen-bond acceptors (Lipinski definition) is 6. The van der Waals surface area contributed by atoms with Crippen LogP contribution in [-0.4, -0.2) is 51.4 Å². The van der Waals surface area contributed by atoms with Gasteiger partial charge in [0.15, 0.2) is 21.5 Å². The van der Waals surface area contributed by atoms with Crippen LogP contribution in [0, 0.1) is 11.6 Å². The Balaban J connectivity index is 2.62. The molecule has 10 heteroatoms. The van der Waals surface area contributed by atoms with Gasteiger partial charge in [0.2, 0.25) is 0 Å². The molecule has 0 saturated heterocycles. The predicted octanol–water partition coefficient (Wildman–Crippen LogP) is 3.30. The number of nitrogens with one attached hydrogen (secondary N) is 1. The summed E-state index contributed by atoms with van der Waals surface area (Å²) in [5, 5.41) is 12.7. The van der Waals surface area contributed by atoms with E-state index >= 15 is 0 Å². The topological polar surface area (TPSA) is 110 Å². The number of carboxylic acid groups (broad SMARTS) is 1. The van der Waals surface area contributed by atoms with Crippen LogP contribution in [0.2, 0.25) is 0 Å². The molecule has 2 aromatic carbocycles. The van der Waals surface area contributed by atoms with Crippen LogP contribution < -0.4 is 5.32 Å². The molecule has 0 fully saturated rings. The van der Waals surface area contributed by atoms with E-state index in [1.165, 1.54) is 24.3 Å². The standard InChI is InChI=1S/C23H25F2NO6S/c1-4-5-20(26-2)23(29)32-13-17(14-6-9-16(10-7-14)33(3,30)31)21(22(27)28)15-8-11-18(24)19(25)12-15/h6-12,20,26H,4-5,13H2,1-3H3,(H,27,28)/b21-17+. The molecule has 2 rings (SSSR count). The fourth-order valence-corrected chi connectivity index (χ4v) is 3.82. The van der Waals surface area contributed by atoms with Crippen molar-refractivity contribution in [3.63, 3.8) is 0 Å². The summed E-state index contributed by atoms with van der Waals surface area (Å²) in [5.74, 6) is -4.46. The van der Waals surface area contributed by atoms with Crippen molar-refractivity contribution in [1.29, 1.82) is 0 Å². The number of aliphatic carboxylic acids is 1. The number of esters is 1. The van der Waals surface area contributed by atoms with Gasteiger partial charge in [0.1, 0.15) is 12.6 Å². The number of sulfone groups is 1. The van der Waals surface area contributed by atoms with Crippen molar-refractivity contribution in [3.05, 3.63) is 65.2 Å². The van der Waals surface area contributed by atoms with E-state index in [-0.39, 0.29) is 21.6 Å². The fraction of sp³-hybridized carbons (Fsp3) is 0.304. The van der Waals surface area contributed by atoms with E-state index in [0.29, 0.717) is 12.8 Å². The molecule has 0 amide bonds. The minimum Gasteiger partial charge on any atom is -0.478 e. The number of halogens is 2. The largest absolute Gasteiger partial charge is 0.478 e. The highest BCUT2D eigenvalue weighted by atomic mass is 32.2. The molecule has 0 heterocycles. The molecule has 0 aliphatic carbocycles. The van der Waals surface area contributed by atoms with E-state index in [4.69, 9.17) is 4.74 Å². The lowest BCUT2D eigenvalue weighted by Crippen LogP contribution is -2.35. The number of carboxylic acids is 1. The Morgan fingerprint density at radius 2 is 1.67 bits per heavy atom. The van der Waals surface area contributed by atoms with Gasteiger partial charge in [0, 0.05) is 11.8 Å². The van der Waals surface area contributed by atoms with Crippen molar-refractivity contribution in [2.24, 2.45) is 0 Å². The molecular weight excluding hydrogens is 456 g/mol. The van der Waals surface area contributed by atoms with Crippen molar-refractivity contribution < 1.29 is 36.6 Å². The molecule has 0 bridgehead atoms. The van der Waals surface area contributed by atoms with E-state index < -0.39 is 51.6 Å². The average Bonchev–Trinajstić information content (AvgIpc) is 2.76. The number of benzene rings is 2. The van der Waals surface area contributed by atoms with E-state index in [1.54, 1.807) is 7.05 Å². The third kappa shape index (κ3) is 6.69. The van der Waals surface area contributed by atoms with Gasteiger partial charge in [0.25, 0.3) is 0 Å². The molecule has 178 valence electrons. The average molecular weight is 482 g/mol. The van der Waals surface area contributed by atoms with Crippen molar-refractivity contribution in [2.45, 2.75) is 30.7 Å². The first-order chi connectivity index (χ1) is 15.5. The minimum absolute atomic E-state index is 0.00508. The molecule has 2 N–H and O–H groups in total. The maximum absolute atomic E-state index is 13.9. The van der Waals surface area contributed by atoms with Gasteiger partial charge < -0.3 is 15.2 Å². The van der Waals surface area contributed by atoms with Gasteiger partial charge in [-0.1, -0.05) is 31.5 Å². The van der Waals surface area contributed by atoms with Gasteiger partial charge >= 0.3 is 11.9 Å². The maximum Gasteiger partial charge on any atom is 0.336 e. The van der Waals surface area contributed by atoms with Crippen molar-refractivity contribution >= 4 is 32.9 Å². The monoisotopic (exact) mass is 481 g/mol. The second-order valence-corrected chi connectivity index (χ2v) is 9.34. The van der Waals surface area contributed by atoms with Crippen molar-refractivity contribution in [3.8, 4) is 0 Å². The molecule has 0 radical (unpaired) electrons. The summed E-state index contributed by atoms with van der Waals surface area (Å²) in [5.41, 5.74) is -0.314. The second-order valence-electron chi connectivity index (χ2n) is 7.32. The molecule has 0 aliphatic heterocycles. The lowest BCUT2D eigenvalue weighted by atomic mass is 9.95. The molecule has 1 unspecified atom stereocenters. The van der Waals surface area contributed by atoms with Crippen LogP contribution in [0.25, 0.3) is 11.1 Å². The summed E-state index contributed by atoms with van der Waals surface area (Å²) < 4.78 is 56.2. The van der Waals surface area contributed by atoms with Crippen molar-refractivity contribution in [1.82, 2.24) is 5.32 Å². The van der Waals surface area contributed by atoms with Gasteiger partial charge in [-0.2, -0.15) is 0 Å². The van der Waals surface area contributed by atoms with E-state index in [2.05, 4.69) is 5.32 Å². The summed E-state index contributed by atoms with van der Waals surface area (Å²) in [6.45, 7) is 1.40. The Morgan fingerprint density at radius 1 is 1.06 bits per heavy atom. The Hall–Kier alpha value is -3.11. The van der Waals surface area contributed by atoms with Gasteiger partial charge in [0.05, 0.1) is 10.5 Å². The first-order valence-electron chi connectivity index (χ1n) is 10.1. The number of carbonyl (C=O) groups excluding carboxylic acids is 1. The van der Waals surface area contributed by atoms with Crippen LogP contribution in [0.15, 0.2) is 47.4 Å². The quantitative estimate of drug-likeness (QED) is 0.304. The number of rotatable bonds is 10. The Labute approximate surface area is 191 Å². The molecule has 2 aromatic rings. The van der Waals surface area contributed by atoms with E-state index in [1.807, 2.05) is 6.92 Å². The zero-order valence-electron chi connectivity index (χ0n) is 18.4. The van der Waals surface area contributed by atoms with Gasteiger partial charge in [-0.15, -0.1) is 0 Å². The highest BCUT2D eigenvalue weighted by Crippen LogP contribution is 2.29. The maximum atomic E-state index is 13.9. The summed E-state index contributed by atoms with van der Waals surface area (Å²) >= 11 is 0. The van der Waals surface area contributed by atoms with Gasteiger partial charge in [-0.25, -0.2) is 22.0 Å². The molecule has 0 aliphatic rings. The van der Waals surface area contributed by atoms with Crippen LogP contribution in [0.3, 0.4) is 0 Å². The third-order valence-corrected chi connectivity index (χ3v) is 6.05. The normalized spacial score (nSPS) is 13.2. The predicted molar refractivity (Wildman–Crippen MR) is 119 cm³/mol. The first kappa shape index (κ1) is 26.1. The van der Waals surface area contributed by atoms with Crippen LogP contribution in [0.5, 0.6) is 0 Å². The van der Waals surface area contributed by atoms with Crippen molar-refractivity contribution in [2.75, 3.05) is 19.9 Å². The SMILES string of the molecule is CCCC(NC)C(=O)OC/C(=C(\C(=O)O)c1ccc(F)c(F)c1)c1ccc(S(C)(=O)=O)cc1. The summed E-state index contributed by atoms with van der Waals surface area (Å²) in [6.07, 6.45) is 2.22. The minimum atomic E-state index is -3.51. The Kier molecular flexibility index (Phi) is 8.84. The number of likely N-dealkylation sites (N-methyl/N-ethyl adjacent to an activating group) is 1. The smallest absolute Gasteiger partial charge is 0.336 e. The van der Waals surface area contributed by atoms with Crippen LogP contribution in [0.4, 0.5) is 8.78 Å².